The topological polar surface area (TPSA) is 86.3 Å². The molecule has 2 heterocycles. The number of aromatic amines is 1. The van der Waals surface area contributed by atoms with Crippen molar-refractivity contribution in [3.05, 3.63) is 12.3 Å². The number of amides is 1. The number of nitrogens with zero attached hydrogens (tertiary/aromatic N) is 2. The lowest BCUT2D eigenvalue weighted by Gasteiger charge is -2.11. The zero-order valence-electron chi connectivity index (χ0n) is 7.30. The van der Waals surface area contributed by atoms with Gasteiger partial charge in [0.2, 0.25) is 5.91 Å². The number of anilines is 1. The van der Waals surface area contributed by atoms with Crippen molar-refractivity contribution in [1.82, 2.24) is 10.2 Å². The van der Waals surface area contributed by atoms with Crippen LogP contribution in [0.3, 0.4) is 0 Å². The third-order valence-electron chi connectivity index (χ3n) is 2.27. The molecule has 6 nitrogen and oxygen atoms in total. The Hall–Kier alpha value is -1.85. The Kier molecular flexibility index (Phi) is 1.95. The molecule has 0 aliphatic carbocycles. The lowest BCUT2D eigenvalue weighted by Crippen LogP contribution is -2.30. The fraction of sp³-hybridized carbons (Fsp3) is 0.375. The third kappa shape index (κ3) is 1.24. The van der Waals surface area contributed by atoms with Crippen molar-refractivity contribution in [2.45, 2.75) is 6.42 Å². The van der Waals surface area contributed by atoms with Crippen molar-refractivity contribution < 1.29 is 14.7 Å². The van der Waals surface area contributed by atoms with Gasteiger partial charge in [-0.25, -0.2) is 0 Å². The zero-order valence-corrected chi connectivity index (χ0v) is 7.30. The molecule has 1 aliphatic heterocycles. The van der Waals surface area contributed by atoms with Crippen molar-refractivity contribution in [3.63, 3.8) is 0 Å². The summed E-state index contributed by atoms with van der Waals surface area (Å²) in [6.45, 7) is 0.417. The molecule has 0 saturated carbocycles. The number of nitrogens with one attached hydrogen (secondary N) is 1. The fourth-order valence-electron chi connectivity index (χ4n) is 1.54. The fourth-order valence-corrected chi connectivity index (χ4v) is 1.54. The molecule has 1 amide bonds. The molecule has 14 heavy (non-hydrogen) atoms. The summed E-state index contributed by atoms with van der Waals surface area (Å²) in [6.07, 6.45) is 1.94. The lowest BCUT2D eigenvalue weighted by atomic mass is 10.1. The van der Waals surface area contributed by atoms with Crippen molar-refractivity contribution in [3.8, 4) is 0 Å². The van der Waals surface area contributed by atoms with Crippen LogP contribution in [-0.4, -0.2) is 33.7 Å². The van der Waals surface area contributed by atoms with Crippen LogP contribution >= 0.6 is 0 Å². The van der Waals surface area contributed by atoms with Gasteiger partial charge >= 0.3 is 5.97 Å². The van der Waals surface area contributed by atoms with Crippen molar-refractivity contribution in [2.75, 3.05) is 11.4 Å². The highest BCUT2D eigenvalue weighted by Gasteiger charge is 2.38. The van der Waals surface area contributed by atoms with E-state index in [0.717, 1.165) is 0 Å². The first-order valence-corrected chi connectivity index (χ1v) is 4.24. The van der Waals surface area contributed by atoms with E-state index in [1.807, 2.05) is 0 Å². The normalized spacial score (nSPS) is 21.6. The molecule has 1 aliphatic rings. The van der Waals surface area contributed by atoms with Crippen LogP contribution in [0.15, 0.2) is 12.3 Å². The molecule has 1 saturated heterocycles. The Morgan fingerprint density at radius 2 is 2.50 bits per heavy atom. The number of carbonyl (C=O) groups is 2. The molecule has 1 unspecified atom stereocenters. The van der Waals surface area contributed by atoms with Gasteiger partial charge in [-0.1, -0.05) is 0 Å². The van der Waals surface area contributed by atoms with Gasteiger partial charge in [-0.3, -0.25) is 19.6 Å². The SMILES string of the molecule is O=C(O)C1CCN(c2cc[nH]n2)C1=O. The minimum Gasteiger partial charge on any atom is -0.481 e. The van der Waals surface area contributed by atoms with E-state index in [0.29, 0.717) is 18.8 Å². The van der Waals surface area contributed by atoms with Crippen LogP contribution in [0.4, 0.5) is 5.82 Å². The number of carbonyl (C=O) groups excluding carboxylic acids is 1. The van der Waals surface area contributed by atoms with Gasteiger partial charge in [0, 0.05) is 18.8 Å². The number of aliphatic carboxylic acids is 1. The Morgan fingerprint density at radius 1 is 1.71 bits per heavy atom. The molecule has 1 fully saturated rings. The Morgan fingerprint density at radius 3 is 3.00 bits per heavy atom. The maximum atomic E-state index is 11.5. The monoisotopic (exact) mass is 195 g/mol. The van der Waals surface area contributed by atoms with Crippen LogP contribution in [0.2, 0.25) is 0 Å². The van der Waals surface area contributed by atoms with E-state index in [1.54, 1.807) is 12.3 Å². The van der Waals surface area contributed by atoms with Gasteiger partial charge in [-0.15, -0.1) is 0 Å². The summed E-state index contributed by atoms with van der Waals surface area (Å²) >= 11 is 0. The zero-order chi connectivity index (χ0) is 10.1. The highest BCUT2D eigenvalue weighted by Crippen LogP contribution is 2.22. The van der Waals surface area contributed by atoms with Crippen molar-refractivity contribution >= 4 is 17.7 Å². The second kappa shape index (κ2) is 3.13. The number of carboxylic acid groups (broad SMARTS) is 1. The predicted molar refractivity (Wildman–Crippen MR) is 46.7 cm³/mol. The first kappa shape index (κ1) is 8.74. The summed E-state index contributed by atoms with van der Waals surface area (Å²) in [5.74, 6) is -1.87. The Bertz CT molecular complexity index is 360. The molecule has 2 N–H and O–H groups in total. The van der Waals surface area contributed by atoms with Crippen LogP contribution in [0.1, 0.15) is 6.42 Å². The van der Waals surface area contributed by atoms with Gasteiger partial charge in [-0.2, -0.15) is 5.10 Å². The second-order valence-corrected chi connectivity index (χ2v) is 3.10. The summed E-state index contributed by atoms with van der Waals surface area (Å²) in [7, 11) is 0. The first-order valence-electron chi connectivity index (χ1n) is 4.24. The van der Waals surface area contributed by atoms with E-state index in [4.69, 9.17) is 5.11 Å². The highest BCUT2D eigenvalue weighted by atomic mass is 16.4. The summed E-state index contributed by atoms with van der Waals surface area (Å²) in [6, 6.07) is 1.64. The molecule has 0 spiro atoms. The van der Waals surface area contributed by atoms with Crippen molar-refractivity contribution in [1.29, 1.82) is 0 Å². The van der Waals surface area contributed by atoms with Crippen LogP contribution < -0.4 is 4.90 Å². The van der Waals surface area contributed by atoms with Crippen LogP contribution in [-0.2, 0) is 9.59 Å². The average molecular weight is 195 g/mol. The number of hydrogen-bond acceptors (Lipinski definition) is 3. The number of aromatic nitrogens is 2. The average Bonchev–Trinajstić information content (AvgIpc) is 2.71. The summed E-state index contributed by atoms with van der Waals surface area (Å²) in [5.41, 5.74) is 0. The quantitative estimate of drug-likeness (QED) is 0.642. The van der Waals surface area contributed by atoms with E-state index in [1.165, 1.54) is 4.90 Å². The van der Waals surface area contributed by atoms with Gasteiger partial charge in [-0.05, 0) is 6.42 Å². The van der Waals surface area contributed by atoms with Gasteiger partial charge in [0.15, 0.2) is 5.82 Å². The minimum absolute atomic E-state index is 0.348. The summed E-state index contributed by atoms with van der Waals surface area (Å²) in [5, 5.41) is 15.1. The lowest BCUT2D eigenvalue weighted by molar-refractivity contribution is -0.144. The summed E-state index contributed by atoms with van der Waals surface area (Å²) < 4.78 is 0. The molecule has 74 valence electrons. The number of hydrogen-bond donors (Lipinski definition) is 2. The molecule has 6 heteroatoms. The molecule has 0 aromatic carbocycles. The molecule has 2 rings (SSSR count). The minimum atomic E-state index is -1.06. The first-order chi connectivity index (χ1) is 6.70. The third-order valence-corrected chi connectivity index (χ3v) is 2.27. The van der Waals surface area contributed by atoms with Gasteiger partial charge < -0.3 is 5.11 Å². The molecular weight excluding hydrogens is 186 g/mol. The van der Waals surface area contributed by atoms with E-state index in [9.17, 15) is 9.59 Å². The van der Waals surface area contributed by atoms with Gasteiger partial charge in [0.1, 0.15) is 5.92 Å². The maximum absolute atomic E-state index is 11.5. The number of H-pyrrole nitrogens is 1. The number of rotatable bonds is 2. The second-order valence-electron chi connectivity index (χ2n) is 3.10. The van der Waals surface area contributed by atoms with E-state index in [-0.39, 0.29) is 5.91 Å². The van der Waals surface area contributed by atoms with Crippen LogP contribution in [0, 0.1) is 5.92 Å². The molecule has 0 bridgehead atoms. The standard InChI is InChI=1S/C8H9N3O3/c12-7-5(8(13)14)2-4-11(7)6-1-3-9-10-6/h1,3,5H,2,4H2,(H,9,10)(H,13,14). The van der Waals surface area contributed by atoms with E-state index >= 15 is 0 Å². The van der Waals surface area contributed by atoms with Crippen LogP contribution in [0.5, 0.6) is 0 Å². The Labute approximate surface area is 79.5 Å². The van der Waals surface area contributed by atoms with E-state index < -0.39 is 11.9 Å². The molecular formula is C8H9N3O3. The summed E-state index contributed by atoms with van der Waals surface area (Å²) in [4.78, 5) is 23.6. The molecule has 1 aromatic rings. The number of carboxylic acids is 1. The van der Waals surface area contributed by atoms with Gasteiger partial charge in [0.05, 0.1) is 0 Å². The molecule has 1 atom stereocenters. The highest BCUT2D eigenvalue weighted by molar-refractivity contribution is 6.07. The maximum Gasteiger partial charge on any atom is 0.316 e. The van der Waals surface area contributed by atoms with Crippen LogP contribution in [0.25, 0.3) is 0 Å². The van der Waals surface area contributed by atoms with Crippen molar-refractivity contribution in [2.24, 2.45) is 5.92 Å². The van der Waals surface area contributed by atoms with Gasteiger partial charge in [0.25, 0.3) is 0 Å². The largest absolute Gasteiger partial charge is 0.481 e. The predicted octanol–water partition coefficient (Wildman–Crippen LogP) is -0.153. The smallest absolute Gasteiger partial charge is 0.316 e. The molecule has 0 radical (unpaired) electrons. The van der Waals surface area contributed by atoms with E-state index in [2.05, 4.69) is 10.2 Å². The Balaban J connectivity index is 2.19. The molecule has 1 aromatic heterocycles.